The van der Waals surface area contributed by atoms with Crippen LogP contribution in [0.1, 0.15) is 46.1 Å². The smallest absolute Gasteiger partial charge is 0.222 e. The molecule has 0 fully saturated rings. The molecule has 1 aromatic rings. The summed E-state index contributed by atoms with van der Waals surface area (Å²) in [6.07, 6.45) is 1.20. The lowest BCUT2D eigenvalue weighted by Gasteiger charge is -2.23. The molecule has 0 radical (unpaired) electrons. The van der Waals surface area contributed by atoms with Crippen molar-refractivity contribution in [3.63, 3.8) is 0 Å². The van der Waals surface area contributed by atoms with Crippen LogP contribution in [0.4, 0.5) is 0 Å². The van der Waals surface area contributed by atoms with Crippen molar-refractivity contribution in [1.82, 2.24) is 4.90 Å². The van der Waals surface area contributed by atoms with Gasteiger partial charge in [0.2, 0.25) is 5.91 Å². The lowest BCUT2D eigenvalue weighted by molar-refractivity contribution is -0.131. The maximum atomic E-state index is 11.9. The molecule has 0 heterocycles. The van der Waals surface area contributed by atoms with Crippen molar-refractivity contribution in [2.24, 2.45) is 5.73 Å². The van der Waals surface area contributed by atoms with Crippen molar-refractivity contribution in [1.29, 1.82) is 0 Å². The number of rotatable bonds is 7. The maximum absolute atomic E-state index is 11.9. The van der Waals surface area contributed by atoms with E-state index >= 15 is 0 Å². The fourth-order valence-electron chi connectivity index (χ4n) is 2.04. The predicted octanol–water partition coefficient (Wildman–Crippen LogP) is 3.37. The highest BCUT2D eigenvalue weighted by atomic mass is 35.5. The van der Waals surface area contributed by atoms with Crippen LogP contribution in [0.5, 0.6) is 5.75 Å². The highest BCUT2D eigenvalue weighted by molar-refractivity contribution is 5.85. The molecule has 23 heavy (non-hydrogen) atoms. The molecular formula is C18H31ClN2O2. The van der Waals surface area contributed by atoms with Crippen LogP contribution in [0.3, 0.4) is 0 Å². The summed E-state index contributed by atoms with van der Waals surface area (Å²) in [6, 6.07) is 8.25. The number of hydrogen-bond donors (Lipinski definition) is 1. The van der Waals surface area contributed by atoms with Gasteiger partial charge in [-0.05, 0) is 36.5 Å². The second-order valence-corrected chi connectivity index (χ2v) is 6.82. The second-order valence-electron chi connectivity index (χ2n) is 6.82. The minimum atomic E-state index is 0. The molecule has 1 atom stereocenters. The SMILES string of the molecule is CC(CN)N(C)C(=O)CCCOc1ccc(C(C)(C)C)cc1.Cl. The van der Waals surface area contributed by atoms with Crippen LogP contribution < -0.4 is 10.5 Å². The molecule has 0 saturated carbocycles. The summed E-state index contributed by atoms with van der Waals surface area (Å²) in [5.74, 6) is 0.966. The van der Waals surface area contributed by atoms with Crippen molar-refractivity contribution in [3.8, 4) is 5.75 Å². The number of hydrogen-bond acceptors (Lipinski definition) is 3. The highest BCUT2D eigenvalue weighted by Crippen LogP contribution is 2.24. The van der Waals surface area contributed by atoms with Gasteiger partial charge in [0.1, 0.15) is 5.75 Å². The van der Waals surface area contributed by atoms with E-state index in [4.69, 9.17) is 10.5 Å². The number of ether oxygens (including phenoxy) is 1. The monoisotopic (exact) mass is 342 g/mol. The standard InChI is InChI=1S/C18H30N2O2.ClH/c1-14(13-19)20(5)17(21)7-6-12-22-16-10-8-15(9-11-16)18(2,3)4;/h8-11,14H,6-7,12-13,19H2,1-5H3;1H. The lowest BCUT2D eigenvalue weighted by atomic mass is 9.87. The van der Waals surface area contributed by atoms with E-state index in [1.165, 1.54) is 5.56 Å². The topological polar surface area (TPSA) is 55.6 Å². The molecule has 4 nitrogen and oxygen atoms in total. The van der Waals surface area contributed by atoms with Gasteiger partial charge in [-0.25, -0.2) is 0 Å². The fraction of sp³-hybridized carbons (Fsp3) is 0.611. The van der Waals surface area contributed by atoms with Crippen molar-refractivity contribution < 1.29 is 9.53 Å². The molecule has 1 aromatic carbocycles. The first-order valence-corrected chi connectivity index (χ1v) is 7.94. The van der Waals surface area contributed by atoms with Crippen LogP contribution in [0.15, 0.2) is 24.3 Å². The van der Waals surface area contributed by atoms with Crippen molar-refractivity contribution >= 4 is 18.3 Å². The Morgan fingerprint density at radius 3 is 2.30 bits per heavy atom. The van der Waals surface area contributed by atoms with Crippen LogP contribution in [0.25, 0.3) is 0 Å². The van der Waals surface area contributed by atoms with Gasteiger partial charge in [0.05, 0.1) is 6.61 Å². The zero-order chi connectivity index (χ0) is 16.8. The van der Waals surface area contributed by atoms with E-state index in [0.29, 0.717) is 26.0 Å². The lowest BCUT2D eigenvalue weighted by Crippen LogP contribution is -2.39. The normalized spacial score (nSPS) is 12.3. The second kappa shape index (κ2) is 9.78. The van der Waals surface area contributed by atoms with Gasteiger partial charge in [-0.1, -0.05) is 32.9 Å². The van der Waals surface area contributed by atoms with Crippen LogP contribution in [-0.2, 0) is 10.2 Å². The van der Waals surface area contributed by atoms with Gasteiger partial charge in [-0.2, -0.15) is 0 Å². The van der Waals surface area contributed by atoms with E-state index in [0.717, 1.165) is 5.75 Å². The first-order valence-electron chi connectivity index (χ1n) is 7.94. The molecule has 0 spiro atoms. The summed E-state index contributed by atoms with van der Waals surface area (Å²) in [5.41, 5.74) is 7.00. The van der Waals surface area contributed by atoms with E-state index in [-0.39, 0.29) is 29.8 Å². The summed E-state index contributed by atoms with van der Waals surface area (Å²) in [5, 5.41) is 0. The molecule has 1 amide bonds. The molecule has 0 aromatic heterocycles. The number of likely N-dealkylation sites (N-methyl/N-ethyl adjacent to an activating group) is 1. The number of nitrogens with zero attached hydrogens (tertiary/aromatic N) is 1. The van der Waals surface area contributed by atoms with Crippen LogP contribution in [0, 0.1) is 0 Å². The molecule has 0 saturated heterocycles. The molecule has 2 N–H and O–H groups in total. The van der Waals surface area contributed by atoms with Gasteiger partial charge in [0.25, 0.3) is 0 Å². The third-order valence-corrected chi connectivity index (χ3v) is 3.92. The van der Waals surface area contributed by atoms with E-state index in [1.807, 2.05) is 19.1 Å². The van der Waals surface area contributed by atoms with Crippen LogP contribution >= 0.6 is 12.4 Å². The van der Waals surface area contributed by atoms with Gasteiger partial charge in [0, 0.05) is 26.1 Å². The predicted molar refractivity (Wildman–Crippen MR) is 98.4 cm³/mol. The van der Waals surface area contributed by atoms with E-state index in [2.05, 4.69) is 32.9 Å². The zero-order valence-corrected chi connectivity index (χ0v) is 15.8. The minimum Gasteiger partial charge on any atom is -0.494 e. The number of amides is 1. The molecule has 132 valence electrons. The number of carbonyl (C=O) groups is 1. The third kappa shape index (κ3) is 7.23. The highest BCUT2D eigenvalue weighted by Gasteiger charge is 2.14. The number of halogens is 1. The molecule has 0 aliphatic carbocycles. The van der Waals surface area contributed by atoms with Crippen LogP contribution in [0.2, 0.25) is 0 Å². The largest absolute Gasteiger partial charge is 0.494 e. The average Bonchev–Trinajstić information content (AvgIpc) is 2.49. The maximum Gasteiger partial charge on any atom is 0.222 e. The molecule has 5 heteroatoms. The zero-order valence-electron chi connectivity index (χ0n) is 15.0. The van der Waals surface area contributed by atoms with E-state index < -0.39 is 0 Å². The Balaban J connectivity index is 0.00000484. The van der Waals surface area contributed by atoms with Gasteiger partial charge in [-0.3, -0.25) is 4.79 Å². The van der Waals surface area contributed by atoms with Crippen LogP contribution in [-0.4, -0.2) is 37.0 Å². The van der Waals surface area contributed by atoms with E-state index in [9.17, 15) is 4.79 Å². The van der Waals surface area contributed by atoms with Gasteiger partial charge >= 0.3 is 0 Å². The molecule has 0 aliphatic rings. The summed E-state index contributed by atoms with van der Waals surface area (Å²) < 4.78 is 5.70. The van der Waals surface area contributed by atoms with Crippen molar-refractivity contribution in [2.45, 2.75) is 52.0 Å². The first-order chi connectivity index (χ1) is 10.3. The third-order valence-electron chi connectivity index (χ3n) is 3.92. The Kier molecular flexibility index (Phi) is 9.25. The Hall–Kier alpha value is -1.26. The Morgan fingerprint density at radius 2 is 1.83 bits per heavy atom. The van der Waals surface area contributed by atoms with Crippen molar-refractivity contribution in [2.75, 3.05) is 20.2 Å². The Labute approximate surface area is 146 Å². The number of benzene rings is 1. The molecule has 1 unspecified atom stereocenters. The summed E-state index contributed by atoms with van der Waals surface area (Å²) in [4.78, 5) is 13.6. The molecule has 0 bridgehead atoms. The summed E-state index contributed by atoms with van der Waals surface area (Å²) in [7, 11) is 1.80. The fourth-order valence-corrected chi connectivity index (χ4v) is 2.04. The number of carbonyl (C=O) groups excluding carboxylic acids is 1. The Morgan fingerprint density at radius 1 is 1.26 bits per heavy atom. The van der Waals surface area contributed by atoms with Gasteiger partial charge < -0.3 is 15.4 Å². The summed E-state index contributed by atoms with van der Waals surface area (Å²) >= 11 is 0. The van der Waals surface area contributed by atoms with E-state index in [1.54, 1.807) is 11.9 Å². The molecule has 0 aliphatic heterocycles. The summed E-state index contributed by atoms with van der Waals surface area (Å²) in [6.45, 7) is 9.55. The quantitative estimate of drug-likeness (QED) is 0.773. The average molecular weight is 343 g/mol. The Bertz CT molecular complexity index is 469. The van der Waals surface area contributed by atoms with Crippen molar-refractivity contribution in [3.05, 3.63) is 29.8 Å². The molecule has 1 rings (SSSR count). The minimum absolute atomic E-state index is 0. The first kappa shape index (κ1) is 21.7. The molecular weight excluding hydrogens is 312 g/mol. The number of nitrogens with two attached hydrogens (primary N) is 1. The van der Waals surface area contributed by atoms with Gasteiger partial charge in [0.15, 0.2) is 0 Å². The van der Waals surface area contributed by atoms with Gasteiger partial charge in [-0.15, -0.1) is 12.4 Å².